The van der Waals surface area contributed by atoms with Gasteiger partial charge in [-0.25, -0.2) is 0 Å². The lowest BCUT2D eigenvalue weighted by molar-refractivity contribution is -0.139. The zero-order chi connectivity index (χ0) is 22.7. The highest BCUT2D eigenvalue weighted by Gasteiger charge is 2.46. The van der Waals surface area contributed by atoms with E-state index in [2.05, 4.69) is 0 Å². The fraction of sp³-hybridized carbons (Fsp3) is 0.304. The molecule has 2 aromatic rings. The molecule has 1 fully saturated rings. The molecule has 1 saturated heterocycles. The number of phenols is 1. The molecule has 7 nitrogen and oxygen atoms in total. The fourth-order valence-electron chi connectivity index (χ4n) is 3.63. The van der Waals surface area contributed by atoms with E-state index in [0.29, 0.717) is 29.3 Å². The average molecular weight is 446 g/mol. The lowest BCUT2D eigenvalue weighted by Gasteiger charge is -2.25. The Morgan fingerprint density at radius 3 is 2.42 bits per heavy atom. The first kappa shape index (κ1) is 22.5. The summed E-state index contributed by atoms with van der Waals surface area (Å²) >= 11 is 6.07. The summed E-state index contributed by atoms with van der Waals surface area (Å²) in [5, 5.41) is 21.7. The number of ketones is 1. The molecule has 0 bridgehead atoms. The maximum Gasteiger partial charge on any atom is 0.295 e. The van der Waals surface area contributed by atoms with Gasteiger partial charge in [0.05, 0.1) is 30.9 Å². The van der Waals surface area contributed by atoms with Gasteiger partial charge in [-0.05, 0) is 42.3 Å². The topological polar surface area (TPSA) is 96.3 Å². The number of nitrogens with zero attached hydrogens (tertiary/aromatic N) is 1. The number of likely N-dealkylation sites (tertiary alicyclic amines) is 1. The number of methoxy groups -OCH3 is 2. The summed E-state index contributed by atoms with van der Waals surface area (Å²) in [6, 6.07) is 8.37. The summed E-state index contributed by atoms with van der Waals surface area (Å²) in [6.45, 7) is 2.31. The number of aliphatic hydroxyl groups excluding tert-OH is 1. The first-order valence-corrected chi connectivity index (χ1v) is 10.2. The molecule has 1 aliphatic rings. The Balaban J connectivity index is 2.19. The Labute approximate surface area is 185 Å². The number of carbonyl (C=O) groups is 2. The van der Waals surface area contributed by atoms with Crippen LogP contribution in [0.5, 0.6) is 17.2 Å². The van der Waals surface area contributed by atoms with Crippen molar-refractivity contribution in [1.82, 2.24) is 4.90 Å². The number of phenolic OH excluding ortho intramolecular Hbond substituents is 1. The zero-order valence-corrected chi connectivity index (χ0v) is 18.3. The van der Waals surface area contributed by atoms with E-state index in [9.17, 15) is 19.8 Å². The number of rotatable bonds is 7. The van der Waals surface area contributed by atoms with Gasteiger partial charge >= 0.3 is 0 Å². The summed E-state index contributed by atoms with van der Waals surface area (Å²) in [5.74, 6) is -1.37. The number of halogens is 1. The third kappa shape index (κ3) is 4.18. The molecular weight excluding hydrogens is 422 g/mol. The van der Waals surface area contributed by atoms with Crippen LogP contribution in [0.25, 0.3) is 5.76 Å². The van der Waals surface area contributed by atoms with Crippen molar-refractivity contribution in [3.8, 4) is 17.2 Å². The normalized spacial score (nSPS) is 17.8. The van der Waals surface area contributed by atoms with Crippen LogP contribution in [0.3, 0.4) is 0 Å². The third-order valence-corrected chi connectivity index (χ3v) is 5.55. The van der Waals surface area contributed by atoms with Crippen molar-refractivity contribution >= 4 is 29.1 Å². The van der Waals surface area contributed by atoms with E-state index in [4.69, 9.17) is 21.1 Å². The monoisotopic (exact) mass is 445 g/mol. The smallest absolute Gasteiger partial charge is 0.295 e. The van der Waals surface area contributed by atoms with Gasteiger partial charge < -0.3 is 24.6 Å². The third-order valence-electron chi connectivity index (χ3n) is 5.24. The quantitative estimate of drug-likeness (QED) is 0.375. The van der Waals surface area contributed by atoms with Crippen molar-refractivity contribution in [2.75, 3.05) is 20.8 Å². The number of aliphatic hydroxyl groups is 1. The maximum absolute atomic E-state index is 13.0. The lowest BCUT2D eigenvalue weighted by atomic mass is 9.95. The number of hydrogen-bond donors (Lipinski definition) is 2. The van der Waals surface area contributed by atoms with Crippen LogP contribution in [-0.4, -0.2) is 47.6 Å². The molecule has 2 N–H and O–H groups in total. The number of amides is 1. The predicted octanol–water partition coefficient (Wildman–Crippen LogP) is 4.28. The summed E-state index contributed by atoms with van der Waals surface area (Å²) in [4.78, 5) is 27.2. The van der Waals surface area contributed by atoms with Crippen LogP contribution >= 0.6 is 11.6 Å². The Bertz CT molecular complexity index is 1050. The Morgan fingerprint density at radius 1 is 1.10 bits per heavy atom. The highest BCUT2D eigenvalue weighted by Crippen LogP contribution is 2.42. The second-order valence-electron chi connectivity index (χ2n) is 7.13. The van der Waals surface area contributed by atoms with Crippen molar-refractivity contribution in [3.63, 3.8) is 0 Å². The molecule has 1 amide bonds. The molecule has 1 unspecified atom stereocenters. The van der Waals surface area contributed by atoms with Crippen LogP contribution in [0.2, 0.25) is 5.02 Å². The van der Waals surface area contributed by atoms with Crippen molar-refractivity contribution in [2.24, 2.45) is 0 Å². The number of ether oxygens (including phenoxy) is 2. The molecule has 0 radical (unpaired) electrons. The van der Waals surface area contributed by atoms with E-state index in [1.54, 1.807) is 18.2 Å². The number of aromatic hydroxyl groups is 1. The molecule has 164 valence electrons. The molecule has 1 aliphatic heterocycles. The van der Waals surface area contributed by atoms with Crippen LogP contribution in [0.15, 0.2) is 42.0 Å². The second kappa shape index (κ2) is 9.31. The minimum Gasteiger partial charge on any atom is -0.507 e. The average Bonchev–Trinajstić information content (AvgIpc) is 3.02. The van der Waals surface area contributed by atoms with Gasteiger partial charge in [-0.15, -0.1) is 0 Å². The van der Waals surface area contributed by atoms with Gasteiger partial charge in [0.2, 0.25) is 0 Å². The van der Waals surface area contributed by atoms with Gasteiger partial charge in [-0.3, -0.25) is 9.59 Å². The SMILES string of the molecule is CCCCN1C(=O)C(=O)/C(=C(\O)c2ccc(Cl)c(OC)c2)C1c1ccc(OC)c(O)c1. The van der Waals surface area contributed by atoms with Gasteiger partial charge in [-0.1, -0.05) is 31.0 Å². The molecule has 2 aromatic carbocycles. The Morgan fingerprint density at radius 2 is 1.81 bits per heavy atom. The Hall–Kier alpha value is -3.19. The molecule has 1 atom stereocenters. The minimum absolute atomic E-state index is 0.0601. The van der Waals surface area contributed by atoms with E-state index in [-0.39, 0.29) is 28.4 Å². The van der Waals surface area contributed by atoms with Crippen molar-refractivity contribution < 1.29 is 29.3 Å². The van der Waals surface area contributed by atoms with Crippen LogP contribution in [0, 0.1) is 0 Å². The lowest BCUT2D eigenvalue weighted by Crippen LogP contribution is -2.30. The number of benzene rings is 2. The summed E-state index contributed by atoms with van der Waals surface area (Å²) in [6.07, 6.45) is 1.50. The van der Waals surface area contributed by atoms with Gasteiger partial charge in [0.15, 0.2) is 11.5 Å². The molecule has 0 aliphatic carbocycles. The molecule has 0 aromatic heterocycles. The highest BCUT2D eigenvalue weighted by atomic mass is 35.5. The largest absolute Gasteiger partial charge is 0.507 e. The van der Waals surface area contributed by atoms with E-state index in [1.165, 1.54) is 37.3 Å². The predicted molar refractivity (Wildman–Crippen MR) is 117 cm³/mol. The molecule has 0 saturated carbocycles. The fourth-order valence-corrected chi connectivity index (χ4v) is 3.82. The van der Waals surface area contributed by atoms with Crippen LogP contribution in [0.4, 0.5) is 0 Å². The number of hydrogen-bond acceptors (Lipinski definition) is 6. The number of unbranched alkanes of at least 4 members (excludes halogenated alkanes) is 1. The molecule has 0 spiro atoms. The van der Waals surface area contributed by atoms with Gasteiger partial charge in [0.1, 0.15) is 11.5 Å². The van der Waals surface area contributed by atoms with Crippen molar-refractivity contribution in [3.05, 3.63) is 58.1 Å². The summed E-state index contributed by atoms with van der Waals surface area (Å²) in [5.41, 5.74) is 0.712. The molecule has 31 heavy (non-hydrogen) atoms. The molecule has 1 heterocycles. The number of Topliss-reactive ketones (excluding diaryl/α,β-unsaturated/α-hetero) is 1. The minimum atomic E-state index is -0.856. The van der Waals surface area contributed by atoms with Gasteiger partial charge in [0, 0.05) is 12.1 Å². The van der Waals surface area contributed by atoms with E-state index in [1.807, 2.05) is 6.92 Å². The van der Waals surface area contributed by atoms with Crippen LogP contribution in [0.1, 0.15) is 36.9 Å². The number of carbonyl (C=O) groups excluding carboxylic acids is 2. The van der Waals surface area contributed by atoms with Gasteiger partial charge in [-0.2, -0.15) is 0 Å². The Kier molecular flexibility index (Phi) is 6.75. The van der Waals surface area contributed by atoms with Crippen LogP contribution < -0.4 is 9.47 Å². The first-order valence-electron chi connectivity index (χ1n) is 9.83. The van der Waals surface area contributed by atoms with Crippen molar-refractivity contribution in [1.29, 1.82) is 0 Å². The van der Waals surface area contributed by atoms with Gasteiger partial charge in [0.25, 0.3) is 11.7 Å². The van der Waals surface area contributed by atoms with Crippen molar-refractivity contribution in [2.45, 2.75) is 25.8 Å². The second-order valence-corrected chi connectivity index (χ2v) is 7.53. The van der Waals surface area contributed by atoms with E-state index >= 15 is 0 Å². The zero-order valence-electron chi connectivity index (χ0n) is 17.5. The molecule has 3 rings (SSSR count). The van der Waals surface area contributed by atoms with Crippen LogP contribution in [-0.2, 0) is 9.59 Å². The summed E-state index contributed by atoms with van der Waals surface area (Å²) in [7, 11) is 2.87. The summed E-state index contributed by atoms with van der Waals surface area (Å²) < 4.78 is 10.3. The van der Waals surface area contributed by atoms with E-state index in [0.717, 1.165) is 6.42 Å². The molecular formula is C23H24ClNO6. The van der Waals surface area contributed by atoms with E-state index < -0.39 is 17.7 Å². The first-order chi connectivity index (χ1) is 14.8. The molecule has 8 heteroatoms. The standard InChI is InChI=1S/C23H24ClNO6/c1-4-5-10-25-20(13-7-9-17(30-2)16(26)11-13)19(22(28)23(25)29)21(27)14-6-8-15(24)18(12-14)31-3/h6-9,11-12,20,26-27H,4-5,10H2,1-3H3/b21-19-. The highest BCUT2D eigenvalue weighted by molar-refractivity contribution is 6.46. The maximum atomic E-state index is 13.0.